The molecule has 0 radical (unpaired) electrons. The fraction of sp³-hybridized carbons (Fsp3) is 0.400. The van der Waals surface area contributed by atoms with Crippen molar-refractivity contribution in [3.8, 4) is 10.4 Å². The minimum atomic E-state index is 0.0896. The highest BCUT2D eigenvalue weighted by Gasteiger charge is 2.09. The van der Waals surface area contributed by atoms with Gasteiger partial charge in [0.15, 0.2) is 0 Å². The zero-order valence-electron chi connectivity index (χ0n) is 11.8. The molecule has 18 heavy (non-hydrogen) atoms. The first-order chi connectivity index (χ1) is 8.54. The second-order valence-electron chi connectivity index (χ2n) is 4.82. The first-order valence-electron chi connectivity index (χ1n) is 6.32. The number of nitrogens with one attached hydrogen (secondary N) is 1. The van der Waals surface area contributed by atoms with Crippen LogP contribution in [0, 0.1) is 0 Å². The monoisotopic (exact) mass is 262 g/mol. The maximum atomic E-state index is 4.10. The fourth-order valence-corrected chi connectivity index (χ4v) is 2.16. The van der Waals surface area contributed by atoms with Crippen LogP contribution in [0.25, 0.3) is 10.4 Å². The maximum absolute atomic E-state index is 4.10. The van der Waals surface area contributed by atoms with Crippen LogP contribution in [0.3, 0.4) is 0 Å². The fourth-order valence-electron chi connectivity index (χ4n) is 1.54. The lowest BCUT2D eigenvalue weighted by Gasteiger charge is -2.22. The second kappa shape index (κ2) is 6.55. The normalized spacial score (nSPS) is 10.5. The molecule has 3 heteroatoms. The molecule has 0 bridgehead atoms. The SMILES string of the molecule is CC.CC(C)(C)Nc1cccc(-c2cncs2)c1. The van der Waals surface area contributed by atoms with E-state index in [1.54, 1.807) is 11.3 Å². The molecule has 0 fully saturated rings. The molecule has 1 heterocycles. The Kier molecular flexibility index (Phi) is 5.35. The van der Waals surface area contributed by atoms with Gasteiger partial charge in [0.05, 0.1) is 10.4 Å². The predicted molar refractivity (Wildman–Crippen MR) is 82.3 cm³/mol. The summed E-state index contributed by atoms with van der Waals surface area (Å²) < 4.78 is 0. The average Bonchev–Trinajstić information content (AvgIpc) is 2.83. The van der Waals surface area contributed by atoms with Crippen molar-refractivity contribution in [3.05, 3.63) is 36.0 Å². The molecule has 2 nitrogen and oxygen atoms in total. The Morgan fingerprint density at radius 1 is 1.17 bits per heavy atom. The summed E-state index contributed by atoms with van der Waals surface area (Å²) in [7, 11) is 0. The zero-order valence-corrected chi connectivity index (χ0v) is 12.6. The van der Waals surface area contributed by atoms with Gasteiger partial charge in [-0.15, -0.1) is 11.3 Å². The summed E-state index contributed by atoms with van der Waals surface area (Å²) in [4.78, 5) is 5.31. The number of aromatic nitrogens is 1. The number of rotatable bonds is 2. The van der Waals surface area contributed by atoms with Crippen LogP contribution in [0.15, 0.2) is 36.0 Å². The Balaban J connectivity index is 0.000000771. The molecule has 0 aliphatic rings. The predicted octanol–water partition coefficient (Wildman–Crippen LogP) is 5.05. The summed E-state index contributed by atoms with van der Waals surface area (Å²) in [6.45, 7) is 10.5. The molecule has 2 rings (SSSR count). The van der Waals surface area contributed by atoms with Gasteiger partial charge in [-0.05, 0) is 38.5 Å². The van der Waals surface area contributed by atoms with Crippen LogP contribution in [-0.4, -0.2) is 10.5 Å². The Bertz CT molecular complexity index is 456. The van der Waals surface area contributed by atoms with Gasteiger partial charge in [-0.2, -0.15) is 0 Å². The smallest absolute Gasteiger partial charge is 0.0797 e. The summed E-state index contributed by atoms with van der Waals surface area (Å²) in [5.41, 5.74) is 4.32. The Labute approximate surface area is 114 Å². The largest absolute Gasteiger partial charge is 0.380 e. The van der Waals surface area contributed by atoms with Crippen LogP contribution in [0.1, 0.15) is 34.6 Å². The molecule has 2 aromatic rings. The first kappa shape index (κ1) is 14.7. The van der Waals surface area contributed by atoms with E-state index < -0.39 is 0 Å². The third kappa shape index (κ3) is 4.49. The molecule has 0 spiro atoms. The van der Waals surface area contributed by atoms with Gasteiger partial charge in [0, 0.05) is 17.4 Å². The molecule has 0 saturated carbocycles. The van der Waals surface area contributed by atoms with E-state index in [1.807, 2.05) is 25.6 Å². The van der Waals surface area contributed by atoms with Gasteiger partial charge < -0.3 is 5.32 Å². The molecule has 0 aliphatic carbocycles. The molecule has 1 N–H and O–H groups in total. The van der Waals surface area contributed by atoms with Crippen LogP contribution in [0.4, 0.5) is 5.69 Å². The van der Waals surface area contributed by atoms with Gasteiger partial charge >= 0.3 is 0 Å². The highest BCUT2D eigenvalue weighted by atomic mass is 32.1. The van der Waals surface area contributed by atoms with Crippen molar-refractivity contribution >= 4 is 17.0 Å². The van der Waals surface area contributed by atoms with Gasteiger partial charge in [0.1, 0.15) is 0 Å². The molecule has 0 atom stereocenters. The lowest BCUT2D eigenvalue weighted by Crippen LogP contribution is -2.25. The van der Waals surface area contributed by atoms with Gasteiger partial charge in [-0.3, -0.25) is 4.98 Å². The van der Waals surface area contributed by atoms with E-state index in [4.69, 9.17) is 0 Å². The summed E-state index contributed by atoms with van der Waals surface area (Å²) in [5, 5.41) is 3.47. The van der Waals surface area contributed by atoms with E-state index in [0.717, 1.165) is 5.69 Å². The second-order valence-corrected chi connectivity index (χ2v) is 5.71. The first-order valence-corrected chi connectivity index (χ1v) is 7.20. The van der Waals surface area contributed by atoms with Crippen molar-refractivity contribution in [1.82, 2.24) is 4.98 Å². The quantitative estimate of drug-likeness (QED) is 0.819. The number of hydrogen-bond donors (Lipinski definition) is 1. The van der Waals surface area contributed by atoms with Crippen LogP contribution in [0.5, 0.6) is 0 Å². The van der Waals surface area contributed by atoms with E-state index in [2.05, 4.69) is 55.3 Å². The van der Waals surface area contributed by atoms with Gasteiger partial charge in [0.25, 0.3) is 0 Å². The minimum Gasteiger partial charge on any atom is -0.380 e. The summed E-state index contributed by atoms with van der Waals surface area (Å²) >= 11 is 1.66. The topological polar surface area (TPSA) is 24.9 Å². The Hall–Kier alpha value is -1.35. The zero-order chi connectivity index (χ0) is 13.6. The number of hydrogen-bond acceptors (Lipinski definition) is 3. The third-order valence-electron chi connectivity index (χ3n) is 2.10. The molecule has 0 saturated heterocycles. The van der Waals surface area contributed by atoms with Gasteiger partial charge in [0.2, 0.25) is 0 Å². The minimum absolute atomic E-state index is 0.0896. The van der Waals surface area contributed by atoms with E-state index in [1.165, 1.54) is 10.4 Å². The summed E-state index contributed by atoms with van der Waals surface area (Å²) in [6, 6.07) is 8.44. The van der Waals surface area contributed by atoms with Crippen molar-refractivity contribution in [1.29, 1.82) is 0 Å². The third-order valence-corrected chi connectivity index (χ3v) is 2.92. The molecule has 0 amide bonds. The highest BCUT2D eigenvalue weighted by Crippen LogP contribution is 2.26. The van der Waals surface area contributed by atoms with Crippen molar-refractivity contribution in [3.63, 3.8) is 0 Å². The van der Waals surface area contributed by atoms with Crippen molar-refractivity contribution < 1.29 is 0 Å². The van der Waals surface area contributed by atoms with E-state index >= 15 is 0 Å². The average molecular weight is 262 g/mol. The maximum Gasteiger partial charge on any atom is 0.0797 e. The lowest BCUT2D eigenvalue weighted by molar-refractivity contribution is 0.634. The van der Waals surface area contributed by atoms with Crippen LogP contribution < -0.4 is 5.32 Å². The lowest BCUT2D eigenvalue weighted by atomic mass is 10.1. The summed E-state index contributed by atoms with van der Waals surface area (Å²) in [5.74, 6) is 0. The van der Waals surface area contributed by atoms with Crippen molar-refractivity contribution in [2.24, 2.45) is 0 Å². The van der Waals surface area contributed by atoms with Gasteiger partial charge in [-0.25, -0.2) is 0 Å². The summed E-state index contributed by atoms with van der Waals surface area (Å²) in [6.07, 6.45) is 1.90. The molecule has 0 unspecified atom stereocenters. The number of thiazole rings is 1. The van der Waals surface area contributed by atoms with Crippen LogP contribution in [0.2, 0.25) is 0 Å². The molecule has 1 aromatic carbocycles. The standard InChI is InChI=1S/C13H16N2S.C2H6/c1-13(2,3)15-11-6-4-5-10(7-11)12-8-14-9-16-12;1-2/h4-9,15H,1-3H3;1-2H3. The van der Waals surface area contributed by atoms with E-state index in [0.29, 0.717) is 0 Å². The molecule has 1 aromatic heterocycles. The highest BCUT2D eigenvalue weighted by molar-refractivity contribution is 7.13. The van der Waals surface area contributed by atoms with Crippen molar-refractivity contribution in [2.45, 2.75) is 40.2 Å². The van der Waals surface area contributed by atoms with Gasteiger partial charge in [-0.1, -0.05) is 26.0 Å². The Morgan fingerprint density at radius 3 is 2.44 bits per heavy atom. The molecular formula is C15H22N2S. The van der Waals surface area contributed by atoms with E-state index in [9.17, 15) is 0 Å². The number of nitrogens with zero attached hydrogens (tertiary/aromatic N) is 1. The molecular weight excluding hydrogens is 240 g/mol. The van der Waals surface area contributed by atoms with Crippen LogP contribution in [-0.2, 0) is 0 Å². The Morgan fingerprint density at radius 2 is 1.89 bits per heavy atom. The van der Waals surface area contributed by atoms with Crippen LogP contribution >= 0.6 is 11.3 Å². The number of benzene rings is 1. The van der Waals surface area contributed by atoms with E-state index in [-0.39, 0.29) is 5.54 Å². The van der Waals surface area contributed by atoms with Crippen molar-refractivity contribution in [2.75, 3.05) is 5.32 Å². The molecule has 98 valence electrons. The molecule has 0 aliphatic heterocycles. The number of anilines is 1.